The molecule has 1 saturated heterocycles. The minimum absolute atomic E-state index is 0.0215. The number of rotatable bonds is 8. The third-order valence-electron chi connectivity index (χ3n) is 5.16. The number of nitrogens with one attached hydrogen (secondary N) is 2. The highest BCUT2D eigenvalue weighted by molar-refractivity contribution is 5.94. The molecule has 9 nitrogen and oxygen atoms in total. The van der Waals surface area contributed by atoms with E-state index in [1.165, 1.54) is 4.90 Å². The Morgan fingerprint density at radius 1 is 1.19 bits per heavy atom. The van der Waals surface area contributed by atoms with Crippen molar-refractivity contribution in [3.05, 3.63) is 24.3 Å². The van der Waals surface area contributed by atoms with Crippen molar-refractivity contribution in [2.75, 3.05) is 52.2 Å². The summed E-state index contributed by atoms with van der Waals surface area (Å²) in [5.74, 6) is 0.648. The Hall–Kier alpha value is -2.81. The first-order chi connectivity index (χ1) is 15.1. The maximum absolute atomic E-state index is 12.5. The largest absolute Gasteiger partial charge is 0.497 e. The molecule has 0 spiro atoms. The molecule has 178 valence electrons. The summed E-state index contributed by atoms with van der Waals surface area (Å²) in [6.07, 6.45) is 1.38. The molecule has 9 heteroatoms. The molecule has 3 amide bonds. The van der Waals surface area contributed by atoms with E-state index in [1.54, 1.807) is 38.4 Å². The van der Waals surface area contributed by atoms with Crippen molar-refractivity contribution < 1.29 is 23.9 Å². The van der Waals surface area contributed by atoms with Crippen LogP contribution in [0, 0.1) is 5.92 Å². The van der Waals surface area contributed by atoms with Gasteiger partial charge in [-0.05, 0) is 64.8 Å². The topological polar surface area (TPSA) is 100 Å². The van der Waals surface area contributed by atoms with Crippen molar-refractivity contribution in [2.24, 2.45) is 5.92 Å². The molecule has 0 radical (unpaired) electrons. The second-order valence-electron chi connectivity index (χ2n) is 9.13. The number of benzene rings is 1. The molecule has 1 fully saturated rings. The van der Waals surface area contributed by atoms with Crippen molar-refractivity contribution in [1.29, 1.82) is 0 Å². The van der Waals surface area contributed by atoms with Gasteiger partial charge in [0.2, 0.25) is 11.8 Å². The molecule has 0 aliphatic carbocycles. The number of likely N-dealkylation sites (N-methyl/N-ethyl adjacent to an activating group) is 1. The Labute approximate surface area is 190 Å². The number of piperidine rings is 1. The number of carbonyl (C=O) groups excluding carboxylic acids is 3. The molecule has 1 aromatic rings. The van der Waals surface area contributed by atoms with E-state index in [9.17, 15) is 14.4 Å². The maximum Gasteiger partial charge on any atom is 0.407 e. The molecule has 0 aromatic heterocycles. The third kappa shape index (κ3) is 9.13. The van der Waals surface area contributed by atoms with Gasteiger partial charge >= 0.3 is 6.09 Å². The number of likely N-dealkylation sites (tertiary alicyclic amines) is 1. The van der Waals surface area contributed by atoms with Gasteiger partial charge in [0, 0.05) is 25.3 Å². The summed E-state index contributed by atoms with van der Waals surface area (Å²) in [6, 6.07) is 7.07. The highest BCUT2D eigenvalue weighted by Gasteiger charge is 2.24. The summed E-state index contributed by atoms with van der Waals surface area (Å²) in [4.78, 5) is 40.1. The lowest BCUT2D eigenvalue weighted by Gasteiger charge is -2.32. The molecule has 0 bridgehead atoms. The fourth-order valence-corrected chi connectivity index (χ4v) is 3.41. The molecule has 2 N–H and O–H groups in total. The highest BCUT2D eigenvalue weighted by Crippen LogP contribution is 2.18. The molecule has 1 aromatic carbocycles. The van der Waals surface area contributed by atoms with Gasteiger partial charge in [-0.15, -0.1) is 0 Å². The van der Waals surface area contributed by atoms with Crippen LogP contribution in [0.1, 0.15) is 33.6 Å². The fourth-order valence-electron chi connectivity index (χ4n) is 3.41. The number of hydrogen-bond donors (Lipinski definition) is 2. The van der Waals surface area contributed by atoms with Crippen molar-refractivity contribution in [2.45, 2.75) is 39.2 Å². The maximum atomic E-state index is 12.5. The fraction of sp³-hybridized carbons (Fsp3) is 0.609. The Bertz CT molecular complexity index is 785. The van der Waals surface area contributed by atoms with Gasteiger partial charge in [0.15, 0.2) is 0 Å². The summed E-state index contributed by atoms with van der Waals surface area (Å²) in [7, 11) is 3.19. The summed E-state index contributed by atoms with van der Waals surface area (Å²) in [6.45, 7) is 7.87. The van der Waals surface area contributed by atoms with Crippen LogP contribution >= 0.6 is 0 Å². The van der Waals surface area contributed by atoms with Crippen LogP contribution in [-0.4, -0.2) is 80.2 Å². The molecule has 1 aliphatic heterocycles. The number of methoxy groups -OCH3 is 1. The van der Waals surface area contributed by atoms with E-state index in [0.29, 0.717) is 23.9 Å². The van der Waals surface area contributed by atoms with Gasteiger partial charge in [-0.1, -0.05) is 6.07 Å². The molecular formula is C23H36N4O5. The summed E-state index contributed by atoms with van der Waals surface area (Å²) in [5, 5.41) is 5.60. The molecular weight excluding hydrogens is 412 g/mol. The second kappa shape index (κ2) is 11.7. The zero-order valence-electron chi connectivity index (χ0n) is 19.8. The predicted molar refractivity (Wildman–Crippen MR) is 123 cm³/mol. The number of alkyl carbamates (subject to hydrolysis) is 1. The smallest absolute Gasteiger partial charge is 0.407 e. The van der Waals surface area contributed by atoms with Crippen molar-refractivity contribution in [1.82, 2.24) is 15.1 Å². The quantitative estimate of drug-likeness (QED) is 0.633. The van der Waals surface area contributed by atoms with Crippen LogP contribution in [0.5, 0.6) is 5.75 Å². The highest BCUT2D eigenvalue weighted by atomic mass is 16.6. The lowest BCUT2D eigenvalue weighted by atomic mass is 9.97. The first-order valence-corrected chi connectivity index (χ1v) is 10.9. The summed E-state index contributed by atoms with van der Waals surface area (Å²) >= 11 is 0. The lowest BCUT2D eigenvalue weighted by molar-refractivity contribution is -0.134. The van der Waals surface area contributed by atoms with Crippen LogP contribution in [0.25, 0.3) is 0 Å². The van der Waals surface area contributed by atoms with Gasteiger partial charge in [-0.25, -0.2) is 4.79 Å². The minimum atomic E-state index is -0.509. The molecule has 0 saturated carbocycles. The van der Waals surface area contributed by atoms with E-state index in [1.807, 2.05) is 20.8 Å². The standard InChI is InChI=1S/C23H36N4O5/c1-23(2,3)32-22(30)24-14-17-9-11-27(12-10-17)16-21(29)26(4)15-20(28)25-18-7-6-8-19(13-18)31-5/h6-8,13,17H,9-12,14-16H2,1-5H3,(H,24,30)(H,25,28). The zero-order chi connectivity index (χ0) is 23.7. The SMILES string of the molecule is COc1cccc(NC(=O)CN(C)C(=O)CN2CCC(CNC(=O)OC(C)(C)C)CC2)c1. The lowest BCUT2D eigenvalue weighted by Crippen LogP contribution is -2.45. The number of amides is 3. The van der Waals surface area contributed by atoms with E-state index in [4.69, 9.17) is 9.47 Å². The van der Waals surface area contributed by atoms with Crippen molar-refractivity contribution >= 4 is 23.6 Å². The Morgan fingerprint density at radius 3 is 2.50 bits per heavy atom. The first kappa shape index (κ1) is 25.5. The minimum Gasteiger partial charge on any atom is -0.497 e. The van der Waals surface area contributed by atoms with Crippen LogP contribution in [0.2, 0.25) is 0 Å². The Morgan fingerprint density at radius 2 is 1.88 bits per heavy atom. The molecule has 2 rings (SSSR count). The van der Waals surface area contributed by atoms with Crippen LogP contribution in [0.4, 0.5) is 10.5 Å². The molecule has 1 heterocycles. The van der Waals surface area contributed by atoms with E-state index < -0.39 is 11.7 Å². The van der Waals surface area contributed by atoms with Crippen LogP contribution in [0.15, 0.2) is 24.3 Å². The number of hydrogen-bond acceptors (Lipinski definition) is 6. The van der Waals surface area contributed by atoms with E-state index >= 15 is 0 Å². The average molecular weight is 449 g/mol. The predicted octanol–water partition coefficient (Wildman–Crippen LogP) is 2.33. The third-order valence-corrected chi connectivity index (χ3v) is 5.16. The number of anilines is 1. The first-order valence-electron chi connectivity index (χ1n) is 10.9. The van der Waals surface area contributed by atoms with Crippen LogP contribution in [0.3, 0.4) is 0 Å². The van der Waals surface area contributed by atoms with Gasteiger partial charge in [0.25, 0.3) is 0 Å². The number of ether oxygens (including phenoxy) is 2. The summed E-state index contributed by atoms with van der Waals surface area (Å²) < 4.78 is 10.4. The van der Waals surface area contributed by atoms with Crippen LogP contribution < -0.4 is 15.4 Å². The van der Waals surface area contributed by atoms with E-state index in [-0.39, 0.29) is 24.9 Å². The Kier molecular flexibility index (Phi) is 9.31. The molecule has 0 unspecified atom stereocenters. The van der Waals surface area contributed by atoms with Gasteiger partial charge in [0.05, 0.1) is 20.2 Å². The number of carbonyl (C=O) groups is 3. The second-order valence-corrected chi connectivity index (χ2v) is 9.13. The molecule has 1 aliphatic rings. The van der Waals surface area contributed by atoms with Gasteiger partial charge in [0.1, 0.15) is 11.4 Å². The molecule has 32 heavy (non-hydrogen) atoms. The Balaban J connectivity index is 1.68. The van der Waals surface area contributed by atoms with Crippen molar-refractivity contribution in [3.63, 3.8) is 0 Å². The number of nitrogens with zero attached hydrogens (tertiary/aromatic N) is 2. The average Bonchev–Trinajstić information content (AvgIpc) is 2.72. The zero-order valence-corrected chi connectivity index (χ0v) is 19.8. The summed E-state index contributed by atoms with van der Waals surface area (Å²) in [5.41, 5.74) is 0.113. The van der Waals surface area contributed by atoms with Gasteiger partial charge in [-0.2, -0.15) is 0 Å². The van der Waals surface area contributed by atoms with Crippen molar-refractivity contribution in [3.8, 4) is 5.75 Å². The van der Waals surface area contributed by atoms with E-state index in [2.05, 4.69) is 15.5 Å². The molecule has 0 atom stereocenters. The van der Waals surface area contributed by atoms with E-state index in [0.717, 1.165) is 25.9 Å². The normalized spacial score (nSPS) is 15.0. The van der Waals surface area contributed by atoms with Gasteiger partial charge < -0.3 is 25.0 Å². The monoisotopic (exact) mass is 448 g/mol. The van der Waals surface area contributed by atoms with Gasteiger partial charge in [-0.3, -0.25) is 14.5 Å². The van der Waals surface area contributed by atoms with Crippen LogP contribution in [-0.2, 0) is 14.3 Å².